The highest BCUT2D eigenvalue weighted by Gasteiger charge is 2.32. The topological polar surface area (TPSA) is 97.9 Å². The average molecular weight is 578 g/mol. The third-order valence-electron chi connectivity index (χ3n) is 6.70. The summed E-state index contributed by atoms with van der Waals surface area (Å²) in [5.41, 5.74) is 6.66. The molecule has 1 amide bonds. The van der Waals surface area contributed by atoms with Crippen LogP contribution in [0.5, 0.6) is 5.75 Å². The largest absolute Gasteiger partial charge is 0.573 e. The molecular weight excluding hydrogens is 555 g/mol. The van der Waals surface area contributed by atoms with Gasteiger partial charge in [-0.05, 0) is 62.1 Å². The second-order valence-electron chi connectivity index (χ2n) is 9.43. The molecule has 0 N–H and O–H groups in total. The van der Waals surface area contributed by atoms with E-state index in [0.717, 1.165) is 39.5 Å². The molecule has 6 rings (SSSR count). The first-order valence-electron chi connectivity index (χ1n) is 12.6. The van der Waals surface area contributed by atoms with Crippen molar-refractivity contribution in [2.24, 2.45) is 10.2 Å². The first-order chi connectivity index (χ1) is 19.7. The van der Waals surface area contributed by atoms with Gasteiger partial charge in [0.2, 0.25) is 5.91 Å². The summed E-state index contributed by atoms with van der Waals surface area (Å²) in [4.78, 5) is 27.8. The number of para-hydroxylation sites is 1. The van der Waals surface area contributed by atoms with Gasteiger partial charge in [-0.3, -0.25) is 9.69 Å². The molecular formula is C28H22F3N7O2S. The molecule has 9 nitrogen and oxygen atoms in total. The molecule has 2 aliphatic rings. The number of thioether (sulfide) groups is 1. The predicted molar refractivity (Wildman–Crippen MR) is 150 cm³/mol. The minimum Gasteiger partial charge on any atom is -0.406 e. The van der Waals surface area contributed by atoms with Crippen LogP contribution in [0.15, 0.2) is 65.2 Å². The van der Waals surface area contributed by atoms with Crippen molar-refractivity contribution in [2.75, 3.05) is 10.7 Å². The van der Waals surface area contributed by atoms with E-state index in [2.05, 4.69) is 29.9 Å². The molecule has 41 heavy (non-hydrogen) atoms. The first-order valence-corrected chi connectivity index (χ1v) is 13.6. The van der Waals surface area contributed by atoms with Crippen LogP contribution in [-0.4, -0.2) is 48.9 Å². The summed E-state index contributed by atoms with van der Waals surface area (Å²) in [6.07, 6.45) is 1.27. The van der Waals surface area contributed by atoms with E-state index in [-0.39, 0.29) is 17.4 Å². The average Bonchev–Trinajstić information content (AvgIpc) is 3.52. The molecule has 1 fully saturated rings. The minimum atomic E-state index is -4.74. The fraction of sp³-hybridized carbons (Fsp3) is 0.214. The maximum atomic E-state index is 12.6. The van der Waals surface area contributed by atoms with Gasteiger partial charge in [0.05, 0.1) is 34.7 Å². The smallest absolute Gasteiger partial charge is 0.406 e. The van der Waals surface area contributed by atoms with Gasteiger partial charge in [-0.25, -0.2) is 15.0 Å². The maximum absolute atomic E-state index is 12.6. The van der Waals surface area contributed by atoms with E-state index in [9.17, 15) is 18.0 Å². The standard InChI is InChI=1S/C28H22F3N7O2S/c1-16-4-3-5-17(2)26(16)38-24(39)14-41-27(38)36-34-13-23-32-12-20-21(35-23)10-11-22-25(20)33-15-37(22)18-6-8-19(9-7-18)40-28(29,30)31/h3-9,12-13,15H,10-11,14H2,1-2H3/b34-13+,36-27-. The van der Waals surface area contributed by atoms with E-state index >= 15 is 0 Å². The van der Waals surface area contributed by atoms with Gasteiger partial charge in [0.15, 0.2) is 11.0 Å². The van der Waals surface area contributed by atoms with E-state index in [4.69, 9.17) is 0 Å². The van der Waals surface area contributed by atoms with E-state index in [1.54, 1.807) is 29.6 Å². The van der Waals surface area contributed by atoms with E-state index < -0.39 is 6.36 Å². The molecule has 2 aromatic carbocycles. The number of halogens is 3. The fourth-order valence-corrected chi connectivity index (χ4v) is 5.74. The number of amidine groups is 1. The van der Waals surface area contributed by atoms with Crippen molar-refractivity contribution in [3.8, 4) is 22.7 Å². The quantitative estimate of drug-likeness (QED) is 0.232. The Morgan fingerprint density at radius 1 is 1.05 bits per heavy atom. The highest BCUT2D eigenvalue weighted by molar-refractivity contribution is 8.15. The lowest BCUT2D eigenvalue weighted by atomic mass is 9.97. The zero-order valence-corrected chi connectivity index (χ0v) is 22.7. The first kappa shape index (κ1) is 26.7. The molecule has 2 aromatic heterocycles. The second kappa shape index (κ2) is 10.5. The lowest BCUT2D eigenvalue weighted by Crippen LogP contribution is -2.30. The third kappa shape index (κ3) is 5.32. The zero-order valence-electron chi connectivity index (χ0n) is 21.9. The molecule has 0 spiro atoms. The number of ether oxygens (including phenoxy) is 1. The fourth-order valence-electron chi connectivity index (χ4n) is 4.93. The number of aromatic nitrogens is 4. The number of anilines is 1. The number of fused-ring (bicyclic) bond motifs is 3. The highest BCUT2D eigenvalue weighted by Crippen LogP contribution is 2.34. The summed E-state index contributed by atoms with van der Waals surface area (Å²) in [7, 11) is 0. The number of benzene rings is 2. The zero-order chi connectivity index (χ0) is 28.7. The number of hydrogen-bond acceptors (Lipinski definition) is 8. The highest BCUT2D eigenvalue weighted by atomic mass is 32.2. The monoisotopic (exact) mass is 577 g/mol. The van der Waals surface area contributed by atoms with Crippen molar-refractivity contribution >= 4 is 34.7 Å². The molecule has 1 aliphatic heterocycles. The van der Waals surface area contributed by atoms with Gasteiger partial charge in [-0.1, -0.05) is 30.0 Å². The number of carbonyl (C=O) groups excluding carboxylic acids is 1. The number of aryl methyl sites for hydroxylation is 3. The third-order valence-corrected chi connectivity index (χ3v) is 7.61. The second-order valence-corrected chi connectivity index (χ2v) is 10.4. The molecule has 3 heterocycles. The Morgan fingerprint density at radius 3 is 2.54 bits per heavy atom. The summed E-state index contributed by atoms with van der Waals surface area (Å²) in [6, 6.07) is 11.5. The molecule has 1 aliphatic carbocycles. The van der Waals surface area contributed by atoms with Crippen LogP contribution in [0.3, 0.4) is 0 Å². The Kier molecular flexibility index (Phi) is 6.81. The van der Waals surface area contributed by atoms with Crippen molar-refractivity contribution in [2.45, 2.75) is 33.1 Å². The summed E-state index contributed by atoms with van der Waals surface area (Å²) in [6.45, 7) is 3.91. The molecule has 0 atom stereocenters. The van der Waals surface area contributed by atoms with E-state index in [1.807, 2.05) is 36.6 Å². The van der Waals surface area contributed by atoms with Gasteiger partial charge in [-0.2, -0.15) is 5.10 Å². The summed E-state index contributed by atoms with van der Waals surface area (Å²) in [5.74, 6) is 0.332. The summed E-state index contributed by atoms with van der Waals surface area (Å²) >= 11 is 1.33. The Labute approximate surface area is 236 Å². The molecule has 0 saturated carbocycles. The molecule has 0 unspecified atom stereocenters. The number of alkyl halides is 3. The number of carbonyl (C=O) groups is 1. The van der Waals surface area contributed by atoms with Crippen LogP contribution in [-0.2, 0) is 17.6 Å². The van der Waals surface area contributed by atoms with Crippen molar-refractivity contribution < 1.29 is 22.7 Å². The number of imidazole rings is 1. The van der Waals surface area contributed by atoms with Crippen LogP contribution >= 0.6 is 11.8 Å². The number of amides is 1. The lowest BCUT2D eigenvalue weighted by Gasteiger charge is -2.20. The molecule has 4 aromatic rings. The molecule has 0 radical (unpaired) electrons. The minimum absolute atomic E-state index is 0.0489. The van der Waals surface area contributed by atoms with Crippen LogP contribution in [0.2, 0.25) is 0 Å². The molecule has 1 saturated heterocycles. The van der Waals surface area contributed by atoms with Crippen LogP contribution < -0.4 is 9.64 Å². The van der Waals surface area contributed by atoms with Crippen molar-refractivity contribution in [3.63, 3.8) is 0 Å². The lowest BCUT2D eigenvalue weighted by molar-refractivity contribution is -0.274. The summed E-state index contributed by atoms with van der Waals surface area (Å²) < 4.78 is 43.3. The van der Waals surface area contributed by atoms with Crippen LogP contribution in [0, 0.1) is 13.8 Å². The summed E-state index contributed by atoms with van der Waals surface area (Å²) in [5, 5.41) is 8.98. The van der Waals surface area contributed by atoms with Crippen LogP contribution in [0.1, 0.15) is 28.3 Å². The van der Waals surface area contributed by atoms with Crippen LogP contribution in [0.4, 0.5) is 18.9 Å². The number of hydrogen-bond donors (Lipinski definition) is 0. The van der Waals surface area contributed by atoms with Gasteiger partial charge in [0, 0.05) is 17.4 Å². The molecule has 13 heteroatoms. The Balaban J connectivity index is 1.22. The molecule has 208 valence electrons. The maximum Gasteiger partial charge on any atom is 0.573 e. The SMILES string of the molecule is Cc1cccc(C)c1N1C(=O)CS/C1=N\N=C\c1ncc2c(n1)CCc1c-2ncn1-c1ccc(OC(F)(F)F)cc1. The Hall–Kier alpha value is -4.52. The Morgan fingerprint density at radius 2 is 1.80 bits per heavy atom. The van der Waals surface area contributed by atoms with E-state index in [0.29, 0.717) is 29.5 Å². The van der Waals surface area contributed by atoms with Gasteiger partial charge in [0.1, 0.15) is 12.1 Å². The normalized spacial score (nSPS) is 16.0. The van der Waals surface area contributed by atoms with Gasteiger partial charge >= 0.3 is 6.36 Å². The number of nitrogens with zero attached hydrogens (tertiary/aromatic N) is 7. The van der Waals surface area contributed by atoms with Crippen molar-refractivity contribution in [1.82, 2.24) is 19.5 Å². The predicted octanol–water partition coefficient (Wildman–Crippen LogP) is 5.41. The van der Waals surface area contributed by atoms with Crippen LogP contribution in [0.25, 0.3) is 16.9 Å². The van der Waals surface area contributed by atoms with Gasteiger partial charge < -0.3 is 9.30 Å². The van der Waals surface area contributed by atoms with E-state index in [1.165, 1.54) is 30.1 Å². The van der Waals surface area contributed by atoms with Gasteiger partial charge in [-0.15, -0.1) is 18.3 Å². The van der Waals surface area contributed by atoms with Gasteiger partial charge in [0.25, 0.3) is 0 Å². The Bertz CT molecular complexity index is 1690. The van der Waals surface area contributed by atoms with Crippen molar-refractivity contribution in [1.29, 1.82) is 0 Å². The molecule has 0 bridgehead atoms. The number of rotatable bonds is 5. The van der Waals surface area contributed by atoms with Crippen molar-refractivity contribution in [3.05, 3.63) is 83.3 Å².